The van der Waals surface area contributed by atoms with E-state index in [1.807, 2.05) is 18.2 Å². The smallest absolute Gasteiger partial charge is 0.0385 e. The van der Waals surface area contributed by atoms with E-state index in [4.69, 9.17) is 0 Å². The second-order valence-corrected chi connectivity index (χ2v) is 5.38. The molecule has 112 valence electrons. The van der Waals surface area contributed by atoms with Crippen LogP contribution in [-0.2, 0) is 0 Å². The molecule has 0 aromatic heterocycles. The number of hydrogen-bond acceptors (Lipinski definition) is 2. The fourth-order valence-corrected chi connectivity index (χ4v) is 2.43. The third-order valence-corrected chi connectivity index (χ3v) is 3.57. The van der Waals surface area contributed by atoms with Gasteiger partial charge in [-0.3, -0.25) is 0 Å². The summed E-state index contributed by atoms with van der Waals surface area (Å²) in [6, 6.07) is 19.1. The van der Waals surface area contributed by atoms with Gasteiger partial charge in [-0.2, -0.15) is 0 Å². The average molecular weight is 282 g/mol. The second kappa shape index (κ2) is 8.35. The molecular formula is C19H26N2. The molecule has 2 heteroatoms. The normalized spacial score (nSPS) is 10.4. The van der Waals surface area contributed by atoms with Gasteiger partial charge in [0.05, 0.1) is 0 Å². The molecule has 0 amide bonds. The van der Waals surface area contributed by atoms with Crippen LogP contribution in [0, 0.1) is 0 Å². The quantitative estimate of drug-likeness (QED) is 0.693. The molecule has 21 heavy (non-hydrogen) atoms. The molecule has 2 nitrogen and oxygen atoms in total. The van der Waals surface area contributed by atoms with Crippen molar-refractivity contribution in [1.82, 2.24) is 0 Å². The predicted molar refractivity (Wildman–Crippen MR) is 93.6 cm³/mol. The Morgan fingerprint density at radius 1 is 0.762 bits per heavy atom. The summed E-state index contributed by atoms with van der Waals surface area (Å²) in [4.78, 5) is 2.48. The van der Waals surface area contributed by atoms with Gasteiger partial charge in [0.1, 0.15) is 0 Å². The van der Waals surface area contributed by atoms with Crippen LogP contribution in [0.3, 0.4) is 0 Å². The lowest BCUT2D eigenvalue weighted by molar-refractivity contribution is 0.704. The summed E-state index contributed by atoms with van der Waals surface area (Å²) < 4.78 is 0. The monoisotopic (exact) mass is 282 g/mol. The maximum Gasteiger partial charge on any atom is 0.0385 e. The summed E-state index contributed by atoms with van der Waals surface area (Å²) in [5.41, 5.74) is 3.59. The molecule has 0 aliphatic carbocycles. The summed E-state index contributed by atoms with van der Waals surface area (Å²) in [6.07, 6.45) is 3.69. The Morgan fingerprint density at radius 3 is 2.05 bits per heavy atom. The van der Waals surface area contributed by atoms with Crippen LogP contribution in [-0.4, -0.2) is 13.1 Å². The standard InChI is InChI=1S/C19H26N2/c1-3-5-16-21(15-4-2)19-13-11-18(12-14-19)20-17-9-7-6-8-10-17/h6-14,20H,3-5,15-16H2,1-2H3. The van der Waals surface area contributed by atoms with Gasteiger partial charge in [-0.05, 0) is 49.2 Å². The molecule has 0 fully saturated rings. The van der Waals surface area contributed by atoms with E-state index < -0.39 is 0 Å². The van der Waals surface area contributed by atoms with Gasteiger partial charge in [-0.1, -0.05) is 38.5 Å². The molecule has 1 N–H and O–H groups in total. The van der Waals surface area contributed by atoms with E-state index in [0.29, 0.717) is 0 Å². The first kappa shape index (κ1) is 15.4. The average Bonchev–Trinajstić information content (AvgIpc) is 2.53. The van der Waals surface area contributed by atoms with Gasteiger partial charge in [0.2, 0.25) is 0 Å². The van der Waals surface area contributed by atoms with E-state index in [1.165, 1.54) is 24.9 Å². The first-order chi connectivity index (χ1) is 10.3. The zero-order valence-electron chi connectivity index (χ0n) is 13.2. The number of rotatable bonds is 8. The highest BCUT2D eigenvalue weighted by Gasteiger charge is 2.04. The number of unbranched alkanes of at least 4 members (excludes halogenated alkanes) is 1. The molecule has 0 radical (unpaired) electrons. The zero-order valence-corrected chi connectivity index (χ0v) is 13.2. The van der Waals surface area contributed by atoms with Crippen molar-refractivity contribution in [3.8, 4) is 0 Å². The van der Waals surface area contributed by atoms with Gasteiger partial charge in [-0.25, -0.2) is 0 Å². The van der Waals surface area contributed by atoms with Crippen LogP contribution < -0.4 is 10.2 Å². The van der Waals surface area contributed by atoms with Gasteiger partial charge in [0, 0.05) is 30.2 Å². The minimum atomic E-state index is 1.13. The molecule has 0 aliphatic heterocycles. The van der Waals surface area contributed by atoms with Crippen LogP contribution >= 0.6 is 0 Å². The number of nitrogens with zero attached hydrogens (tertiary/aromatic N) is 1. The van der Waals surface area contributed by atoms with Crippen molar-refractivity contribution in [3.05, 3.63) is 54.6 Å². The van der Waals surface area contributed by atoms with Gasteiger partial charge >= 0.3 is 0 Å². The fraction of sp³-hybridized carbons (Fsp3) is 0.368. The Morgan fingerprint density at radius 2 is 1.43 bits per heavy atom. The lowest BCUT2D eigenvalue weighted by atomic mass is 10.2. The van der Waals surface area contributed by atoms with Crippen LogP contribution in [0.25, 0.3) is 0 Å². The molecule has 0 bridgehead atoms. The molecule has 2 rings (SSSR count). The Hall–Kier alpha value is -1.96. The largest absolute Gasteiger partial charge is 0.372 e. The van der Waals surface area contributed by atoms with Crippen molar-refractivity contribution in [2.75, 3.05) is 23.3 Å². The topological polar surface area (TPSA) is 15.3 Å². The van der Waals surface area contributed by atoms with Crippen molar-refractivity contribution in [2.24, 2.45) is 0 Å². The van der Waals surface area contributed by atoms with Crippen LogP contribution in [0.5, 0.6) is 0 Å². The molecule has 0 aliphatic rings. The third kappa shape index (κ3) is 4.82. The molecule has 0 saturated heterocycles. The lowest BCUT2D eigenvalue weighted by Gasteiger charge is -2.24. The van der Waals surface area contributed by atoms with Crippen molar-refractivity contribution in [2.45, 2.75) is 33.1 Å². The van der Waals surface area contributed by atoms with Crippen LogP contribution in [0.15, 0.2) is 54.6 Å². The summed E-state index contributed by atoms with van der Waals surface area (Å²) in [7, 11) is 0. The predicted octanol–water partition coefficient (Wildman–Crippen LogP) is 5.45. The summed E-state index contributed by atoms with van der Waals surface area (Å²) in [6.45, 7) is 6.77. The number of hydrogen-bond donors (Lipinski definition) is 1. The van der Waals surface area contributed by atoms with Crippen molar-refractivity contribution in [3.63, 3.8) is 0 Å². The summed E-state index contributed by atoms with van der Waals surface area (Å²) >= 11 is 0. The Bertz CT molecular complexity index is 505. The highest BCUT2D eigenvalue weighted by atomic mass is 15.1. The maximum atomic E-state index is 3.43. The highest BCUT2D eigenvalue weighted by molar-refractivity contribution is 5.62. The Kier molecular flexibility index (Phi) is 6.14. The molecular weight excluding hydrogens is 256 g/mol. The van der Waals surface area contributed by atoms with Gasteiger partial charge in [-0.15, -0.1) is 0 Å². The van der Waals surface area contributed by atoms with Crippen molar-refractivity contribution >= 4 is 17.1 Å². The fourth-order valence-electron chi connectivity index (χ4n) is 2.43. The van der Waals surface area contributed by atoms with E-state index in [-0.39, 0.29) is 0 Å². The molecule has 0 heterocycles. The van der Waals surface area contributed by atoms with Crippen LogP contribution in [0.2, 0.25) is 0 Å². The molecule has 2 aromatic rings. The first-order valence-corrected chi connectivity index (χ1v) is 8.00. The van der Waals surface area contributed by atoms with Gasteiger partial charge in [0.25, 0.3) is 0 Å². The minimum absolute atomic E-state index is 1.13. The van der Waals surface area contributed by atoms with E-state index in [1.54, 1.807) is 0 Å². The lowest BCUT2D eigenvalue weighted by Crippen LogP contribution is -2.25. The first-order valence-electron chi connectivity index (χ1n) is 8.00. The zero-order chi connectivity index (χ0) is 14.9. The van der Waals surface area contributed by atoms with Crippen LogP contribution in [0.1, 0.15) is 33.1 Å². The van der Waals surface area contributed by atoms with E-state index >= 15 is 0 Å². The Labute approximate surface area is 128 Å². The van der Waals surface area contributed by atoms with E-state index in [2.05, 4.69) is 60.5 Å². The third-order valence-electron chi connectivity index (χ3n) is 3.57. The molecule has 2 aromatic carbocycles. The number of para-hydroxylation sites is 1. The van der Waals surface area contributed by atoms with Gasteiger partial charge in [0.15, 0.2) is 0 Å². The molecule has 0 atom stereocenters. The highest BCUT2D eigenvalue weighted by Crippen LogP contribution is 2.21. The summed E-state index contributed by atoms with van der Waals surface area (Å²) in [5, 5.41) is 3.43. The van der Waals surface area contributed by atoms with E-state index in [9.17, 15) is 0 Å². The summed E-state index contributed by atoms with van der Waals surface area (Å²) in [5.74, 6) is 0. The molecule has 0 unspecified atom stereocenters. The molecule has 0 spiro atoms. The van der Waals surface area contributed by atoms with Crippen molar-refractivity contribution in [1.29, 1.82) is 0 Å². The number of nitrogens with one attached hydrogen (secondary N) is 1. The van der Waals surface area contributed by atoms with E-state index in [0.717, 1.165) is 24.5 Å². The SMILES string of the molecule is CCCCN(CCC)c1ccc(Nc2ccccc2)cc1. The van der Waals surface area contributed by atoms with Gasteiger partial charge < -0.3 is 10.2 Å². The van der Waals surface area contributed by atoms with Crippen LogP contribution in [0.4, 0.5) is 17.1 Å². The maximum absolute atomic E-state index is 3.43. The molecule has 0 saturated carbocycles. The Balaban J connectivity index is 2.02. The second-order valence-electron chi connectivity index (χ2n) is 5.38. The number of benzene rings is 2. The number of anilines is 3. The minimum Gasteiger partial charge on any atom is -0.372 e. The van der Waals surface area contributed by atoms with Crippen molar-refractivity contribution < 1.29 is 0 Å².